The Morgan fingerprint density at radius 2 is 2.00 bits per heavy atom. The summed E-state index contributed by atoms with van der Waals surface area (Å²) in [6.07, 6.45) is 2.22. The fraction of sp³-hybridized carbons (Fsp3) is 0.350. The maximum atomic E-state index is 9.32. The van der Waals surface area contributed by atoms with Crippen LogP contribution in [0, 0.1) is 11.3 Å². The molecule has 124 valence electrons. The van der Waals surface area contributed by atoms with Gasteiger partial charge in [-0.25, -0.2) is 0 Å². The van der Waals surface area contributed by atoms with E-state index in [1.165, 1.54) is 0 Å². The van der Waals surface area contributed by atoms with E-state index in [9.17, 15) is 5.26 Å². The minimum absolute atomic E-state index is 0.279. The first kappa shape index (κ1) is 16.4. The molecular weight excluding hydrogens is 300 g/mol. The molecule has 0 aromatic heterocycles. The highest BCUT2D eigenvalue weighted by atomic mass is 16.5. The van der Waals surface area contributed by atoms with Crippen LogP contribution in [-0.4, -0.2) is 25.7 Å². The Hall–Kier alpha value is -2.51. The van der Waals surface area contributed by atoms with Crippen LogP contribution in [0.2, 0.25) is 0 Å². The van der Waals surface area contributed by atoms with Crippen molar-refractivity contribution < 1.29 is 9.47 Å². The molecule has 4 nitrogen and oxygen atoms in total. The zero-order valence-electron chi connectivity index (χ0n) is 14.2. The molecule has 1 heterocycles. The summed E-state index contributed by atoms with van der Waals surface area (Å²) in [5.41, 5.74) is 2.98. The molecule has 0 amide bonds. The van der Waals surface area contributed by atoms with Crippen LogP contribution in [0.5, 0.6) is 11.5 Å². The molecule has 1 atom stereocenters. The average Bonchev–Trinajstić information content (AvgIpc) is 3.09. The maximum Gasteiger partial charge on any atom is 0.123 e. The van der Waals surface area contributed by atoms with Crippen LogP contribution >= 0.6 is 0 Å². The standard InChI is InChI=1S/C20H22N2O2/c1-23-17-9-10-20(24-2)18(12-17)19-8-5-11-22(19)14-16-7-4-3-6-15(16)13-21/h3-4,6-7,9-10,12,19H,5,8,11,14H2,1-2H3/t19-/m1/s1. The molecule has 0 spiro atoms. The third-order valence-electron chi connectivity index (χ3n) is 4.67. The molecule has 3 rings (SSSR count). The summed E-state index contributed by atoms with van der Waals surface area (Å²) in [7, 11) is 3.39. The molecule has 2 aromatic rings. The summed E-state index contributed by atoms with van der Waals surface area (Å²) in [6, 6.07) is 16.4. The molecular formula is C20H22N2O2. The molecule has 0 N–H and O–H groups in total. The second-order valence-corrected chi connectivity index (χ2v) is 6.01. The second-order valence-electron chi connectivity index (χ2n) is 6.01. The lowest BCUT2D eigenvalue weighted by molar-refractivity contribution is 0.242. The van der Waals surface area contributed by atoms with Gasteiger partial charge in [0.05, 0.1) is 25.9 Å². The summed E-state index contributed by atoms with van der Waals surface area (Å²) >= 11 is 0. The Bertz CT molecular complexity index is 752. The predicted molar refractivity (Wildman–Crippen MR) is 93.1 cm³/mol. The monoisotopic (exact) mass is 322 g/mol. The zero-order chi connectivity index (χ0) is 16.9. The summed E-state index contributed by atoms with van der Waals surface area (Å²) in [6.45, 7) is 1.79. The lowest BCUT2D eigenvalue weighted by Gasteiger charge is -2.27. The predicted octanol–water partition coefficient (Wildman–Crippen LogP) is 3.91. The fourth-order valence-electron chi connectivity index (χ4n) is 3.45. The summed E-state index contributed by atoms with van der Waals surface area (Å²) < 4.78 is 11.0. The van der Waals surface area contributed by atoms with E-state index in [0.717, 1.165) is 54.1 Å². The molecule has 0 unspecified atom stereocenters. The van der Waals surface area contributed by atoms with Crippen LogP contribution in [0.3, 0.4) is 0 Å². The Kier molecular flexibility index (Phi) is 5.02. The zero-order valence-corrected chi connectivity index (χ0v) is 14.2. The van der Waals surface area contributed by atoms with E-state index in [2.05, 4.69) is 17.0 Å². The Morgan fingerprint density at radius 3 is 2.75 bits per heavy atom. The van der Waals surface area contributed by atoms with Gasteiger partial charge in [-0.1, -0.05) is 18.2 Å². The molecule has 4 heteroatoms. The maximum absolute atomic E-state index is 9.32. The smallest absolute Gasteiger partial charge is 0.123 e. The van der Waals surface area contributed by atoms with E-state index < -0.39 is 0 Å². The molecule has 0 radical (unpaired) electrons. The fourth-order valence-corrected chi connectivity index (χ4v) is 3.45. The number of methoxy groups -OCH3 is 2. The molecule has 2 aromatic carbocycles. The van der Waals surface area contributed by atoms with Crippen LogP contribution in [0.15, 0.2) is 42.5 Å². The number of rotatable bonds is 5. The topological polar surface area (TPSA) is 45.5 Å². The molecule has 0 saturated carbocycles. The number of hydrogen-bond acceptors (Lipinski definition) is 4. The molecule has 24 heavy (non-hydrogen) atoms. The van der Waals surface area contributed by atoms with Crippen molar-refractivity contribution in [2.45, 2.75) is 25.4 Å². The van der Waals surface area contributed by atoms with E-state index >= 15 is 0 Å². The minimum Gasteiger partial charge on any atom is -0.497 e. The van der Waals surface area contributed by atoms with Crippen molar-refractivity contribution in [3.8, 4) is 17.6 Å². The number of nitrogens with zero attached hydrogens (tertiary/aromatic N) is 2. The van der Waals surface area contributed by atoms with Crippen molar-refractivity contribution in [2.75, 3.05) is 20.8 Å². The van der Waals surface area contributed by atoms with Gasteiger partial charge in [0.1, 0.15) is 11.5 Å². The van der Waals surface area contributed by atoms with Crippen molar-refractivity contribution in [1.82, 2.24) is 4.90 Å². The minimum atomic E-state index is 0.279. The van der Waals surface area contributed by atoms with Gasteiger partial charge in [-0.2, -0.15) is 5.26 Å². The van der Waals surface area contributed by atoms with E-state index in [1.807, 2.05) is 36.4 Å². The van der Waals surface area contributed by atoms with Gasteiger partial charge in [0, 0.05) is 18.2 Å². The molecule has 0 aliphatic carbocycles. The number of likely N-dealkylation sites (tertiary alicyclic amines) is 1. The van der Waals surface area contributed by atoms with Gasteiger partial charge in [0.25, 0.3) is 0 Å². The van der Waals surface area contributed by atoms with Gasteiger partial charge >= 0.3 is 0 Å². The third-order valence-corrected chi connectivity index (χ3v) is 4.67. The van der Waals surface area contributed by atoms with Gasteiger partial charge in [0.15, 0.2) is 0 Å². The highest BCUT2D eigenvalue weighted by Crippen LogP contribution is 2.39. The van der Waals surface area contributed by atoms with Crippen molar-refractivity contribution in [2.24, 2.45) is 0 Å². The highest BCUT2D eigenvalue weighted by molar-refractivity contribution is 5.43. The van der Waals surface area contributed by atoms with Gasteiger partial charge in [-0.15, -0.1) is 0 Å². The van der Waals surface area contributed by atoms with Crippen molar-refractivity contribution in [3.05, 3.63) is 59.2 Å². The van der Waals surface area contributed by atoms with Crippen molar-refractivity contribution in [3.63, 3.8) is 0 Å². The Morgan fingerprint density at radius 1 is 1.17 bits per heavy atom. The van der Waals surface area contributed by atoms with Crippen LogP contribution in [0.25, 0.3) is 0 Å². The normalized spacial score (nSPS) is 17.5. The highest BCUT2D eigenvalue weighted by Gasteiger charge is 2.29. The quantitative estimate of drug-likeness (QED) is 0.837. The van der Waals surface area contributed by atoms with E-state index in [-0.39, 0.29) is 6.04 Å². The summed E-state index contributed by atoms with van der Waals surface area (Å²) in [5, 5.41) is 9.32. The number of ether oxygens (including phenoxy) is 2. The first-order valence-electron chi connectivity index (χ1n) is 8.20. The second kappa shape index (κ2) is 7.37. The van der Waals surface area contributed by atoms with Crippen LogP contribution in [0.1, 0.15) is 35.6 Å². The SMILES string of the molecule is COc1ccc(OC)c([C@H]2CCCN2Cc2ccccc2C#N)c1. The van der Waals surface area contributed by atoms with Crippen LogP contribution < -0.4 is 9.47 Å². The third kappa shape index (κ3) is 3.22. The van der Waals surface area contributed by atoms with E-state index in [1.54, 1.807) is 14.2 Å². The van der Waals surface area contributed by atoms with E-state index in [4.69, 9.17) is 9.47 Å². The van der Waals surface area contributed by atoms with Gasteiger partial charge in [-0.05, 0) is 49.2 Å². The van der Waals surface area contributed by atoms with Crippen molar-refractivity contribution in [1.29, 1.82) is 5.26 Å². The number of nitriles is 1. The molecule has 1 aliphatic rings. The van der Waals surface area contributed by atoms with Crippen molar-refractivity contribution >= 4 is 0 Å². The number of hydrogen-bond donors (Lipinski definition) is 0. The lowest BCUT2D eigenvalue weighted by Crippen LogP contribution is -2.23. The van der Waals surface area contributed by atoms with Crippen LogP contribution in [-0.2, 0) is 6.54 Å². The van der Waals surface area contributed by atoms with Gasteiger partial charge in [-0.3, -0.25) is 4.90 Å². The van der Waals surface area contributed by atoms with Gasteiger partial charge in [0.2, 0.25) is 0 Å². The molecule has 1 fully saturated rings. The molecule has 1 saturated heterocycles. The average molecular weight is 322 g/mol. The molecule has 0 bridgehead atoms. The summed E-state index contributed by atoms with van der Waals surface area (Å²) in [5.74, 6) is 1.73. The first-order valence-corrected chi connectivity index (χ1v) is 8.20. The Balaban J connectivity index is 1.90. The van der Waals surface area contributed by atoms with Crippen LogP contribution in [0.4, 0.5) is 0 Å². The lowest BCUT2D eigenvalue weighted by atomic mass is 10.0. The van der Waals surface area contributed by atoms with E-state index in [0.29, 0.717) is 0 Å². The molecule has 1 aliphatic heterocycles. The van der Waals surface area contributed by atoms with Gasteiger partial charge < -0.3 is 9.47 Å². The number of benzene rings is 2. The summed E-state index contributed by atoms with van der Waals surface area (Å²) in [4.78, 5) is 2.42. The first-order chi connectivity index (χ1) is 11.8. The largest absolute Gasteiger partial charge is 0.497 e. The Labute approximate surface area is 143 Å².